The van der Waals surface area contributed by atoms with Crippen molar-refractivity contribution < 1.29 is 4.39 Å². The summed E-state index contributed by atoms with van der Waals surface area (Å²) in [6.07, 6.45) is 18.2. The van der Waals surface area contributed by atoms with E-state index < -0.39 is 6.17 Å². The summed E-state index contributed by atoms with van der Waals surface area (Å²) < 4.78 is 13.3. The second kappa shape index (κ2) is 12.5. The molecule has 142 valence electrons. The molecule has 0 atom stereocenters. The molecule has 0 N–H and O–H groups in total. The van der Waals surface area contributed by atoms with Gasteiger partial charge in [0.25, 0.3) is 0 Å². The van der Waals surface area contributed by atoms with Crippen LogP contribution in [0, 0.1) is 0 Å². The Morgan fingerprint density at radius 1 is 0.720 bits per heavy atom. The minimum atomic E-state index is -0.549. The van der Waals surface area contributed by atoms with E-state index in [-0.39, 0.29) is 0 Å². The van der Waals surface area contributed by atoms with Crippen molar-refractivity contribution in [3.05, 3.63) is 35.4 Å². The maximum atomic E-state index is 13.3. The number of hydrogen-bond donors (Lipinski definition) is 0. The zero-order valence-corrected chi connectivity index (χ0v) is 16.4. The van der Waals surface area contributed by atoms with Crippen molar-refractivity contribution in [2.75, 3.05) is 0 Å². The van der Waals surface area contributed by atoms with E-state index in [1.54, 1.807) is 0 Å². The van der Waals surface area contributed by atoms with Crippen molar-refractivity contribution in [3.8, 4) is 0 Å². The second-order valence-electron chi connectivity index (χ2n) is 8.12. The molecule has 1 heteroatoms. The molecule has 2 rings (SSSR count). The van der Waals surface area contributed by atoms with Crippen LogP contribution in [0.5, 0.6) is 0 Å². The highest BCUT2D eigenvalue weighted by Gasteiger charge is 2.21. The Bertz CT molecular complexity index is 428. The number of halogens is 1. The Morgan fingerprint density at radius 3 is 1.80 bits per heavy atom. The van der Waals surface area contributed by atoms with Gasteiger partial charge in [-0.3, -0.25) is 0 Å². The van der Waals surface area contributed by atoms with Crippen LogP contribution in [0.4, 0.5) is 4.39 Å². The largest absolute Gasteiger partial charge is 0.247 e. The highest BCUT2D eigenvalue weighted by molar-refractivity contribution is 5.26. The summed E-state index contributed by atoms with van der Waals surface area (Å²) in [5.74, 6) is 0.596. The van der Waals surface area contributed by atoms with Crippen molar-refractivity contribution in [2.24, 2.45) is 0 Å². The molecule has 0 heterocycles. The molecule has 0 radical (unpaired) electrons. The Balaban J connectivity index is 1.52. The first-order valence-corrected chi connectivity index (χ1v) is 11.0. The van der Waals surface area contributed by atoms with Gasteiger partial charge in [0.1, 0.15) is 6.17 Å². The summed E-state index contributed by atoms with van der Waals surface area (Å²) in [6.45, 7) is 2.28. The third-order valence-electron chi connectivity index (χ3n) is 5.93. The fourth-order valence-corrected chi connectivity index (χ4v) is 4.16. The summed E-state index contributed by atoms with van der Waals surface area (Å²) in [5, 5.41) is 0. The lowest BCUT2D eigenvalue weighted by atomic mass is 9.83. The lowest BCUT2D eigenvalue weighted by Gasteiger charge is -2.24. The van der Waals surface area contributed by atoms with Crippen LogP contribution >= 0.6 is 0 Å². The summed E-state index contributed by atoms with van der Waals surface area (Å²) in [4.78, 5) is 0. The molecular weight excluding hydrogens is 307 g/mol. The molecule has 0 spiro atoms. The molecular formula is C24H39F. The first-order chi connectivity index (χ1) is 12.3. The smallest absolute Gasteiger partial charge is 0.100 e. The third-order valence-corrected chi connectivity index (χ3v) is 5.93. The van der Waals surface area contributed by atoms with Crippen LogP contribution < -0.4 is 0 Å². The maximum Gasteiger partial charge on any atom is 0.100 e. The van der Waals surface area contributed by atoms with Gasteiger partial charge in [-0.25, -0.2) is 4.39 Å². The minimum absolute atomic E-state index is 0.549. The molecule has 0 saturated heterocycles. The van der Waals surface area contributed by atoms with Gasteiger partial charge >= 0.3 is 0 Å². The van der Waals surface area contributed by atoms with E-state index >= 15 is 0 Å². The van der Waals surface area contributed by atoms with E-state index in [1.807, 2.05) is 0 Å². The molecule has 0 amide bonds. The van der Waals surface area contributed by atoms with Crippen molar-refractivity contribution >= 4 is 0 Å². The predicted octanol–water partition coefficient (Wildman–Crippen LogP) is 8.15. The summed E-state index contributed by atoms with van der Waals surface area (Å²) >= 11 is 0. The Labute approximate surface area is 155 Å². The molecule has 1 fully saturated rings. The van der Waals surface area contributed by atoms with Crippen molar-refractivity contribution in [3.63, 3.8) is 0 Å². The van der Waals surface area contributed by atoms with Gasteiger partial charge in [0.05, 0.1) is 0 Å². The van der Waals surface area contributed by atoms with Crippen LogP contribution in [-0.4, -0.2) is 6.17 Å². The highest BCUT2D eigenvalue weighted by Crippen LogP contribution is 2.34. The van der Waals surface area contributed by atoms with Crippen LogP contribution in [0.3, 0.4) is 0 Å². The Hall–Kier alpha value is -0.850. The van der Waals surface area contributed by atoms with Gasteiger partial charge in [0.15, 0.2) is 0 Å². The van der Waals surface area contributed by atoms with Crippen LogP contribution in [0.1, 0.15) is 114 Å². The van der Waals surface area contributed by atoms with Gasteiger partial charge in [-0.15, -0.1) is 0 Å². The molecule has 0 nitrogen and oxygen atoms in total. The molecule has 1 saturated carbocycles. The summed E-state index contributed by atoms with van der Waals surface area (Å²) in [7, 11) is 0. The zero-order valence-electron chi connectivity index (χ0n) is 16.4. The molecule has 25 heavy (non-hydrogen) atoms. The molecule has 0 aromatic heterocycles. The van der Waals surface area contributed by atoms with Crippen molar-refractivity contribution in [1.29, 1.82) is 0 Å². The highest BCUT2D eigenvalue weighted by atomic mass is 19.1. The van der Waals surface area contributed by atoms with E-state index in [9.17, 15) is 4.39 Å². The van der Waals surface area contributed by atoms with Gasteiger partial charge in [0, 0.05) is 0 Å². The van der Waals surface area contributed by atoms with Crippen LogP contribution in [0.2, 0.25) is 0 Å². The molecule has 0 aliphatic heterocycles. The zero-order chi connectivity index (χ0) is 17.7. The van der Waals surface area contributed by atoms with E-state index in [4.69, 9.17) is 0 Å². The second-order valence-corrected chi connectivity index (χ2v) is 8.12. The van der Waals surface area contributed by atoms with Gasteiger partial charge in [-0.2, -0.15) is 0 Å². The number of hydrogen-bond acceptors (Lipinski definition) is 0. The quantitative estimate of drug-likeness (QED) is 0.335. The Morgan fingerprint density at radius 2 is 1.24 bits per heavy atom. The van der Waals surface area contributed by atoms with Gasteiger partial charge in [0.2, 0.25) is 0 Å². The molecule has 1 aliphatic carbocycles. The van der Waals surface area contributed by atoms with Crippen molar-refractivity contribution in [2.45, 2.75) is 115 Å². The fraction of sp³-hybridized carbons (Fsp3) is 0.750. The van der Waals surface area contributed by atoms with Gasteiger partial charge in [-0.05, 0) is 55.6 Å². The van der Waals surface area contributed by atoms with Crippen LogP contribution in [0.15, 0.2) is 24.3 Å². The summed E-state index contributed by atoms with van der Waals surface area (Å²) in [5.41, 5.74) is 2.90. The molecule has 1 aromatic rings. The lowest BCUT2D eigenvalue weighted by molar-refractivity contribution is 0.235. The average Bonchev–Trinajstić information content (AvgIpc) is 2.64. The first-order valence-electron chi connectivity index (χ1n) is 11.0. The molecule has 1 aliphatic rings. The van der Waals surface area contributed by atoms with Crippen molar-refractivity contribution in [1.82, 2.24) is 0 Å². The number of unbranched alkanes of at least 4 members (excludes halogenated alkanes) is 9. The molecule has 1 aromatic carbocycles. The third kappa shape index (κ3) is 8.38. The van der Waals surface area contributed by atoms with Gasteiger partial charge in [-0.1, -0.05) is 89.0 Å². The van der Waals surface area contributed by atoms with E-state index in [0.29, 0.717) is 5.92 Å². The van der Waals surface area contributed by atoms with Gasteiger partial charge < -0.3 is 0 Å². The monoisotopic (exact) mass is 346 g/mol. The summed E-state index contributed by atoms with van der Waals surface area (Å²) in [6, 6.07) is 9.22. The van der Waals surface area contributed by atoms with E-state index in [2.05, 4.69) is 31.2 Å². The predicted molar refractivity (Wildman–Crippen MR) is 108 cm³/mol. The normalized spacial score (nSPS) is 20.7. The topological polar surface area (TPSA) is 0 Å². The number of alkyl halides is 1. The standard InChI is InChI=1S/C24H39F/c1-2-3-4-5-6-7-8-9-10-11-12-21-13-15-22(16-14-21)23-17-19-24(25)20-18-23/h13-16,23-24H,2-12,17-20H2,1H3. The van der Waals surface area contributed by atoms with Crippen LogP contribution in [-0.2, 0) is 6.42 Å². The first kappa shape index (κ1) is 20.5. The maximum absolute atomic E-state index is 13.3. The number of rotatable bonds is 12. The average molecular weight is 347 g/mol. The van der Waals surface area contributed by atoms with Crippen LogP contribution in [0.25, 0.3) is 0 Å². The number of benzene rings is 1. The fourth-order valence-electron chi connectivity index (χ4n) is 4.16. The lowest BCUT2D eigenvalue weighted by Crippen LogP contribution is -2.13. The van der Waals surface area contributed by atoms with E-state index in [0.717, 1.165) is 25.7 Å². The SMILES string of the molecule is CCCCCCCCCCCCc1ccc(C2CCC(F)CC2)cc1. The molecule has 0 unspecified atom stereocenters. The minimum Gasteiger partial charge on any atom is -0.247 e. The van der Waals surface area contributed by atoms with E-state index in [1.165, 1.54) is 81.8 Å². The molecule has 0 bridgehead atoms. The number of aryl methyl sites for hydroxylation is 1. The Kier molecular flexibility index (Phi) is 10.2.